The van der Waals surface area contributed by atoms with Gasteiger partial charge in [0.2, 0.25) is 0 Å². The molecule has 1 fully saturated rings. The highest BCUT2D eigenvalue weighted by atomic mass is 79.9. The third-order valence-electron chi connectivity index (χ3n) is 3.88. The third kappa shape index (κ3) is 2.72. The predicted octanol–water partition coefficient (Wildman–Crippen LogP) is 4.14. The molecule has 0 saturated heterocycles. The van der Waals surface area contributed by atoms with Crippen LogP contribution in [0.2, 0.25) is 0 Å². The quantitative estimate of drug-likeness (QED) is 0.882. The van der Waals surface area contributed by atoms with E-state index in [1.807, 2.05) is 7.05 Å². The molecule has 0 aromatic heterocycles. The molecule has 1 N–H and O–H groups in total. The van der Waals surface area contributed by atoms with Gasteiger partial charge in [-0.25, -0.2) is 0 Å². The first-order chi connectivity index (χ1) is 8.58. The van der Waals surface area contributed by atoms with Crippen LogP contribution >= 0.6 is 15.9 Å². The number of halogens is 1. The van der Waals surface area contributed by atoms with Gasteiger partial charge in [-0.1, -0.05) is 28.8 Å². The second kappa shape index (κ2) is 5.62. The van der Waals surface area contributed by atoms with Crippen molar-refractivity contribution in [2.75, 3.05) is 14.2 Å². The second-order valence-corrected chi connectivity index (χ2v) is 6.12. The maximum absolute atomic E-state index is 5.64. The van der Waals surface area contributed by atoms with Gasteiger partial charge in [0.05, 0.1) is 7.11 Å². The van der Waals surface area contributed by atoms with E-state index in [0.29, 0.717) is 6.04 Å². The van der Waals surface area contributed by atoms with E-state index in [-0.39, 0.29) is 0 Å². The summed E-state index contributed by atoms with van der Waals surface area (Å²) in [6.07, 6.45) is 3.97. The lowest BCUT2D eigenvalue weighted by atomic mass is 9.94. The number of rotatable bonds is 5. The zero-order valence-electron chi connectivity index (χ0n) is 11.6. The number of aryl methyl sites for hydroxylation is 1. The lowest BCUT2D eigenvalue weighted by molar-refractivity contribution is 0.392. The number of nitrogens with one attached hydrogen (secondary N) is 1. The molecule has 1 aromatic carbocycles. The van der Waals surface area contributed by atoms with Crippen LogP contribution in [0, 0.1) is 19.8 Å². The van der Waals surface area contributed by atoms with Crippen LogP contribution in [0.1, 0.15) is 42.0 Å². The van der Waals surface area contributed by atoms with E-state index in [1.165, 1.54) is 40.4 Å². The monoisotopic (exact) mass is 311 g/mol. The summed E-state index contributed by atoms with van der Waals surface area (Å²) in [6.45, 7) is 4.27. The van der Waals surface area contributed by atoms with Crippen molar-refractivity contribution in [1.29, 1.82) is 0 Å². The molecule has 0 bridgehead atoms. The second-order valence-electron chi connectivity index (χ2n) is 5.27. The van der Waals surface area contributed by atoms with Gasteiger partial charge in [-0.15, -0.1) is 0 Å². The molecule has 1 saturated carbocycles. The molecule has 0 radical (unpaired) electrons. The van der Waals surface area contributed by atoms with Crippen molar-refractivity contribution in [2.45, 2.75) is 39.2 Å². The van der Waals surface area contributed by atoms with E-state index in [9.17, 15) is 0 Å². The summed E-state index contributed by atoms with van der Waals surface area (Å²) in [6, 6.07) is 2.53. The van der Waals surface area contributed by atoms with Crippen LogP contribution in [0.15, 0.2) is 10.5 Å². The van der Waals surface area contributed by atoms with Gasteiger partial charge >= 0.3 is 0 Å². The fraction of sp³-hybridized carbons (Fsp3) is 0.600. The van der Waals surface area contributed by atoms with Crippen molar-refractivity contribution in [3.05, 3.63) is 27.2 Å². The largest absolute Gasteiger partial charge is 0.496 e. The van der Waals surface area contributed by atoms with Crippen molar-refractivity contribution in [3.63, 3.8) is 0 Å². The van der Waals surface area contributed by atoms with E-state index in [4.69, 9.17) is 4.74 Å². The first-order valence-electron chi connectivity index (χ1n) is 6.59. The highest BCUT2D eigenvalue weighted by Crippen LogP contribution is 2.43. The van der Waals surface area contributed by atoms with Gasteiger partial charge in [0.1, 0.15) is 5.75 Å². The molecular formula is C15H22BrNO. The van der Waals surface area contributed by atoms with Crippen molar-refractivity contribution in [1.82, 2.24) is 5.32 Å². The molecule has 0 amide bonds. The van der Waals surface area contributed by atoms with E-state index >= 15 is 0 Å². The first-order valence-corrected chi connectivity index (χ1v) is 7.38. The van der Waals surface area contributed by atoms with Crippen molar-refractivity contribution in [2.24, 2.45) is 5.92 Å². The van der Waals surface area contributed by atoms with E-state index in [0.717, 1.165) is 11.7 Å². The van der Waals surface area contributed by atoms with Crippen molar-refractivity contribution < 1.29 is 4.74 Å². The molecule has 1 aromatic rings. The topological polar surface area (TPSA) is 21.3 Å². The highest BCUT2D eigenvalue weighted by Gasteiger charge is 2.28. The minimum absolute atomic E-state index is 0.392. The molecule has 0 aliphatic heterocycles. The van der Waals surface area contributed by atoms with Gasteiger partial charge in [0, 0.05) is 16.1 Å². The smallest absolute Gasteiger partial charge is 0.126 e. The van der Waals surface area contributed by atoms with Gasteiger partial charge in [0.15, 0.2) is 0 Å². The summed E-state index contributed by atoms with van der Waals surface area (Å²) >= 11 is 3.66. The van der Waals surface area contributed by atoms with Gasteiger partial charge in [-0.2, -0.15) is 0 Å². The highest BCUT2D eigenvalue weighted by molar-refractivity contribution is 9.10. The normalized spacial score (nSPS) is 16.7. The molecule has 2 nitrogen and oxygen atoms in total. The standard InChI is InChI=1S/C15H22BrNO/c1-9-7-12(16)10(2)14(15(9)18-4)13(17-3)8-11-5-6-11/h7,11,13,17H,5-6,8H2,1-4H3. The van der Waals surface area contributed by atoms with E-state index < -0.39 is 0 Å². The van der Waals surface area contributed by atoms with E-state index in [1.54, 1.807) is 7.11 Å². The first kappa shape index (κ1) is 13.9. The number of hydrogen-bond donors (Lipinski definition) is 1. The Morgan fingerprint density at radius 3 is 2.61 bits per heavy atom. The number of ether oxygens (including phenoxy) is 1. The lowest BCUT2D eigenvalue weighted by Gasteiger charge is -2.24. The third-order valence-corrected chi connectivity index (χ3v) is 4.70. The van der Waals surface area contributed by atoms with Gasteiger partial charge in [-0.3, -0.25) is 0 Å². The van der Waals surface area contributed by atoms with Crippen LogP contribution in [0.4, 0.5) is 0 Å². The summed E-state index contributed by atoms with van der Waals surface area (Å²) in [7, 11) is 3.81. The molecule has 1 aliphatic rings. The average Bonchev–Trinajstić information content (AvgIpc) is 3.14. The molecule has 2 rings (SSSR count). The number of hydrogen-bond acceptors (Lipinski definition) is 2. The molecule has 0 heterocycles. The molecule has 100 valence electrons. The fourth-order valence-electron chi connectivity index (χ4n) is 2.63. The maximum Gasteiger partial charge on any atom is 0.126 e. The lowest BCUT2D eigenvalue weighted by Crippen LogP contribution is -2.19. The predicted molar refractivity (Wildman–Crippen MR) is 79.3 cm³/mol. The zero-order valence-corrected chi connectivity index (χ0v) is 13.2. The van der Waals surface area contributed by atoms with Crippen LogP contribution in [0.25, 0.3) is 0 Å². The molecule has 1 atom stereocenters. The Kier molecular flexibility index (Phi) is 4.33. The Hall–Kier alpha value is -0.540. The van der Waals surface area contributed by atoms with Crippen LogP contribution < -0.4 is 10.1 Å². The van der Waals surface area contributed by atoms with Gasteiger partial charge in [-0.05, 0) is 50.4 Å². The fourth-order valence-corrected chi connectivity index (χ4v) is 3.19. The van der Waals surface area contributed by atoms with Crippen molar-refractivity contribution in [3.8, 4) is 5.75 Å². The molecule has 3 heteroatoms. The summed E-state index contributed by atoms with van der Waals surface area (Å²) in [5, 5.41) is 3.46. The zero-order chi connectivity index (χ0) is 13.3. The Morgan fingerprint density at radius 1 is 1.44 bits per heavy atom. The van der Waals surface area contributed by atoms with Crippen LogP contribution in [0.5, 0.6) is 5.75 Å². The van der Waals surface area contributed by atoms with Gasteiger partial charge in [0.25, 0.3) is 0 Å². The Balaban J connectivity index is 2.44. The summed E-state index contributed by atoms with van der Waals surface area (Å²) in [5.41, 5.74) is 3.80. The minimum Gasteiger partial charge on any atom is -0.496 e. The number of methoxy groups -OCH3 is 1. The van der Waals surface area contributed by atoms with E-state index in [2.05, 4.69) is 41.2 Å². The average molecular weight is 312 g/mol. The molecule has 1 unspecified atom stereocenters. The van der Waals surface area contributed by atoms with Crippen molar-refractivity contribution >= 4 is 15.9 Å². The van der Waals surface area contributed by atoms with Gasteiger partial charge < -0.3 is 10.1 Å². The maximum atomic E-state index is 5.64. The van der Waals surface area contributed by atoms with Crippen LogP contribution in [0.3, 0.4) is 0 Å². The molecule has 1 aliphatic carbocycles. The molecule has 0 spiro atoms. The summed E-state index contributed by atoms with van der Waals surface area (Å²) < 4.78 is 6.81. The molecule has 18 heavy (non-hydrogen) atoms. The summed E-state index contributed by atoms with van der Waals surface area (Å²) in [4.78, 5) is 0. The van der Waals surface area contributed by atoms with Crippen LogP contribution in [-0.4, -0.2) is 14.2 Å². The SMILES string of the molecule is CNC(CC1CC1)c1c(C)c(Br)cc(C)c1OC. The summed E-state index contributed by atoms with van der Waals surface area (Å²) in [5.74, 6) is 1.93. The Morgan fingerprint density at radius 2 is 2.11 bits per heavy atom. The molecular weight excluding hydrogens is 290 g/mol. The minimum atomic E-state index is 0.392. The Labute approximate surface area is 118 Å². The van der Waals surface area contributed by atoms with Crippen LogP contribution in [-0.2, 0) is 0 Å². The number of benzene rings is 1. The Bertz CT molecular complexity index is 441.